The number of hydrogen-bond donors (Lipinski definition) is 1. The minimum atomic E-state index is -3.41. The molecule has 0 bridgehead atoms. The minimum Gasteiger partial charge on any atom is -0.458 e. The summed E-state index contributed by atoms with van der Waals surface area (Å²) in [5, 5.41) is 12.0. The van der Waals surface area contributed by atoms with E-state index in [1.807, 2.05) is 38.1 Å². The number of nitrogens with zero attached hydrogens (tertiary/aromatic N) is 3. The van der Waals surface area contributed by atoms with Crippen molar-refractivity contribution in [2.75, 3.05) is 12.8 Å². The van der Waals surface area contributed by atoms with Gasteiger partial charge in [0.25, 0.3) is 5.56 Å². The van der Waals surface area contributed by atoms with E-state index in [4.69, 9.17) is 9.72 Å². The van der Waals surface area contributed by atoms with Gasteiger partial charge in [-0.1, -0.05) is 25.1 Å². The molecule has 2 aliphatic heterocycles. The van der Waals surface area contributed by atoms with Crippen molar-refractivity contribution in [3.05, 3.63) is 62.9 Å². The van der Waals surface area contributed by atoms with Crippen LogP contribution in [0.25, 0.3) is 22.3 Å². The number of carbonyl (C=O) groups is 1. The zero-order valence-electron chi connectivity index (χ0n) is 20.7. The number of carbonyl (C=O) groups excluding carboxylic acids is 1. The van der Waals surface area contributed by atoms with E-state index in [0.717, 1.165) is 22.0 Å². The van der Waals surface area contributed by atoms with Crippen molar-refractivity contribution in [2.24, 2.45) is 0 Å². The molecule has 0 aliphatic carbocycles. The number of aliphatic hydroxyl groups is 1. The number of esters is 1. The van der Waals surface area contributed by atoms with E-state index in [1.54, 1.807) is 17.6 Å². The Morgan fingerprint density at radius 1 is 1.22 bits per heavy atom. The Labute approximate surface area is 209 Å². The summed E-state index contributed by atoms with van der Waals surface area (Å²) in [5.41, 5.74) is 1.97. The SMILES string of the molecule is CC[C@@]1(O)C(=O)OCc2c1cc1n(c2=O)Cc2c-1nc1ccccc1c2CCN(C(C)C)S(C)(=O)=O. The standard InChI is InChI=1S/C26H29N3O6S/c1-5-26(32)20-12-22-23-18(13-28(22)24(30)19(20)14-35-25(26)31)16(17-8-6-7-9-21(17)27-23)10-11-29(15(2)3)36(4,33)34/h6-9,12,15,32H,5,10-11,13-14H2,1-4H3/t26-/m0/s1. The molecule has 36 heavy (non-hydrogen) atoms. The lowest BCUT2D eigenvalue weighted by molar-refractivity contribution is -0.172. The Balaban J connectivity index is 1.70. The predicted molar refractivity (Wildman–Crippen MR) is 135 cm³/mol. The van der Waals surface area contributed by atoms with E-state index in [1.165, 1.54) is 10.6 Å². The summed E-state index contributed by atoms with van der Waals surface area (Å²) in [7, 11) is -3.41. The number of para-hydroxylation sites is 1. The zero-order chi connectivity index (χ0) is 26.0. The van der Waals surface area contributed by atoms with Gasteiger partial charge in [-0.2, -0.15) is 4.31 Å². The Morgan fingerprint density at radius 2 is 1.94 bits per heavy atom. The van der Waals surface area contributed by atoms with Crippen molar-refractivity contribution >= 4 is 26.9 Å². The van der Waals surface area contributed by atoms with E-state index in [0.29, 0.717) is 17.8 Å². The Hall–Kier alpha value is -3.08. The van der Waals surface area contributed by atoms with E-state index < -0.39 is 21.6 Å². The lowest BCUT2D eigenvalue weighted by Crippen LogP contribution is -2.44. The monoisotopic (exact) mass is 511 g/mol. The number of pyridine rings is 2. The maximum Gasteiger partial charge on any atom is 0.343 e. The molecule has 190 valence electrons. The van der Waals surface area contributed by atoms with Crippen LogP contribution >= 0.6 is 0 Å². The van der Waals surface area contributed by atoms with E-state index >= 15 is 0 Å². The van der Waals surface area contributed by atoms with Gasteiger partial charge >= 0.3 is 5.97 Å². The topological polar surface area (TPSA) is 119 Å². The average Bonchev–Trinajstić information content (AvgIpc) is 3.19. The van der Waals surface area contributed by atoms with Crippen LogP contribution < -0.4 is 5.56 Å². The third-order valence-electron chi connectivity index (χ3n) is 7.30. The molecule has 5 rings (SSSR count). The van der Waals surface area contributed by atoms with Crippen molar-refractivity contribution in [1.29, 1.82) is 0 Å². The summed E-state index contributed by atoms with van der Waals surface area (Å²) in [6.45, 7) is 5.72. The summed E-state index contributed by atoms with van der Waals surface area (Å²) in [6, 6.07) is 9.12. The Bertz CT molecular complexity index is 1580. The molecule has 1 atom stereocenters. The van der Waals surface area contributed by atoms with Crippen LogP contribution in [0.5, 0.6) is 0 Å². The highest BCUT2D eigenvalue weighted by atomic mass is 32.2. The number of benzene rings is 1. The van der Waals surface area contributed by atoms with Gasteiger partial charge in [-0.15, -0.1) is 0 Å². The summed E-state index contributed by atoms with van der Waals surface area (Å²) in [4.78, 5) is 30.8. The van der Waals surface area contributed by atoms with Crippen molar-refractivity contribution in [3.63, 3.8) is 0 Å². The number of aromatic nitrogens is 2. The van der Waals surface area contributed by atoms with Crippen LogP contribution in [0, 0.1) is 0 Å². The Morgan fingerprint density at radius 3 is 2.61 bits per heavy atom. The largest absolute Gasteiger partial charge is 0.458 e. The molecule has 0 saturated heterocycles. The van der Waals surface area contributed by atoms with Crippen LogP contribution in [-0.4, -0.2) is 52.2 Å². The second kappa shape index (κ2) is 8.50. The molecule has 0 saturated carbocycles. The number of hydrogen-bond acceptors (Lipinski definition) is 7. The van der Waals surface area contributed by atoms with E-state index in [2.05, 4.69) is 0 Å². The predicted octanol–water partition coefficient (Wildman–Crippen LogP) is 2.29. The molecule has 10 heteroatoms. The molecule has 0 amide bonds. The normalized spacial score (nSPS) is 18.9. The summed E-state index contributed by atoms with van der Waals surface area (Å²) in [6.07, 6.45) is 1.72. The molecule has 0 spiro atoms. The van der Waals surface area contributed by atoms with Gasteiger partial charge in [0.15, 0.2) is 5.60 Å². The fourth-order valence-corrected chi connectivity index (χ4v) is 6.62. The minimum absolute atomic E-state index is 0.0709. The van der Waals surface area contributed by atoms with Gasteiger partial charge in [-0.3, -0.25) is 4.79 Å². The highest BCUT2D eigenvalue weighted by molar-refractivity contribution is 7.88. The average molecular weight is 512 g/mol. The van der Waals surface area contributed by atoms with Gasteiger partial charge in [0, 0.05) is 29.1 Å². The molecular formula is C26H29N3O6S. The molecule has 1 aromatic carbocycles. The van der Waals surface area contributed by atoms with Gasteiger partial charge in [0.05, 0.1) is 35.3 Å². The van der Waals surface area contributed by atoms with Crippen molar-refractivity contribution in [2.45, 2.75) is 58.4 Å². The molecule has 0 unspecified atom stereocenters. The molecule has 0 radical (unpaired) electrons. The highest BCUT2D eigenvalue weighted by Gasteiger charge is 2.45. The molecular weight excluding hydrogens is 482 g/mol. The van der Waals surface area contributed by atoms with Crippen molar-refractivity contribution in [3.8, 4) is 11.4 Å². The lowest BCUT2D eigenvalue weighted by atomic mass is 9.86. The van der Waals surface area contributed by atoms with Crippen LogP contribution in [0.3, 0.4) is 0 Å². The lowest BCUT2D eigenvalue weighted by Gasteiger charge is -2.31. The zero-order valence-corrected chi connectivity index (χ0v) is 21.6. The first kappa shape index (κ1) is 24.6. The number of cyclic esters (lactones) is 1. The highest BCUT2D eigenvalue weighted by Crippen LogP contribution is 2.40. The van der Waals surface area contributed by atoms with Crippen LogP contribution in [0.1, 0.15) is 49.4 Å². The van der Waals surface area contributed by atoms with Crippen LogP contribution in [0.4, 0.5) is 0 Å². The van der Waals surface area contributed by atoms with Crippen LogP contribution in [-0.2, 0) is 44.7 Å². The summed E-state index contributed by atoms with van der Waals surface area (Å²) >= 11 is 0. The van der Waals surface area contributed by atoms with E-state index in [-0.39, 0.29) is 48.8 Å². The van der Waals surface area contributed by atoms with Gasteiger partial charge in [-0.25, -0.2) is 18.2 Å². The van der Waals surface area contributed by atoms with Crippen LogP contribution in [0.2, 0.25) is 0 Å². The smallest absolute Gasteiger partial charge is 0.343 e. The first-order valence-corrected chi connectivity index (χ1v) is 13.9. The Kier molecular flexibility index (Phi) is 5.81. The summed E-state index contributed by atoms with van der Waals surface area (Å²) < 4.78 is 33.0. The second-order valence-corrected chi connectivity index (χ2v) is 11.7. The number of ether oxygens (including phenoxy) is 1. The van der Waals surface area contributed by atoms with Crippen molar-refractivity contribution in [1.82, 2.24) is 13.9 Å². The first-order chi connectivity index (χ1) is 17.0. The fraction of sp³-hybridized carbons (Fsp3) is 0.423. The first-order valence-electron chi connectivity index (χ1n) is 12.0. The van der Waals surface area contributed by atoms with Crippen LogP contribution in [0.15, 0.2) is 35.1 Å². The quantitative estimate of drug-likeness (QED) is 0.395. The molecule has 2 aliphatic rings. The number of fused-ring (bicyclic) bond motifs is 5. The molecule has 2 aromatic heterocycles. The molecule has 0 fully saturated rings. The second-order valence-electron chi connectivity index (χ2n) is 9.76. The molecule has 4 heterocycles. The van der Waals surface area contributed by atoms with Gasteiger partial charge in [0.1, 0.15) is 6.61 Å². The van der Waals surface area contributed by atoms with Gasteiger partial charge in [-0.05, 0) is 44.4 Å². The number of rotatable bonds is 6. The third-order valence-corrected chi connectivity index (χ3v) is 8.75. The number of sulfonamides is 1. The van der Waals surface area contributed by atoms with E-state index in [9.17, 15) is 23.1 Å². The molecule has 3 aromatic rings. The molecule has 9 nitrogen and oxygen atoms in total. The summed E-state index contributed by atoms with van der Waals surface area (Å²) in [5.74, 6) is -0.762. The third kappa shape index (κ3) is 3.66. The van der Waals surface area contributed by atoms with Gasteiger partial charge in [0.2, 0.25) is 10.0 Å². The maximum absolute atomic E-state index is 13.5. The molecule has 1 N–H and O–H groups in total. The van der Waals surface area contributed by atoms with Gasteiger partial charge < -0.3 is 14.4 Å². The fourth-order valence-electron chi connectivity index (χ4n) is 5.43. The van der Waals surface area contributed by atoms with Crippen molar-refractivity contribution < 1.29 is 23.1 Å². The maximum atomic E-state index is 13.5.